The Bertz CT molecular complexity index is 1200. The number of para-hydroxylation sites is 1. The normalized spacial score (nSPS) is 14.1. The van der Waals surface area contributed by atoms with Gasteiger partial charge in [-0.3, -0.25) is 4.79 Å². The molecule has 0 saturated carbocycles. The molecule has 4 aromatic rings. The third-order valence-corrected chi connectivity index (χ3v) is 7.10. The second-order valence-electron chi connectivity index (χ2n) is 8.09. The molecule has 2 heterocycles. The van der Waals surface area contributed by atoms with Crippen LogP contribution in [-0.4, -0.2) is 42.0 Å². The minimum Gasteiger partial charge on any atom is -0.457 e. The fourth-order valence-electron chi connectivity index (χ4n) is 3.96. The van der Waals surface area contributed by atoms with Crippen molar-refractivity contribution in [2.24, 2.45) is 0 Å². The summed E-state index contributed by atoms with van der Waals surface area (Å²) in [6.07, 6.45) is 0. The zero-order chi connectivity index (χ0) is 22.1. The highest BCUT2D eigenvalue weighted by atomic mass is 32.1. The van der Waals surface area contributed by atoms with Gasteiger partial charge in [0.15, 0.2) is 5.13 Å². The molecule has 162 valence electrons. The molecule has 1 fully saturated rings. The number of carbonyl (C=O) groups excluding carboxylic acids is 1. The molecule has 1 aliphatic rings. The van der Waals surface area contributed by atoms with Crippen LogP contribution in [-0.2, 0) is 0 Å². The van der Waals surface area contributed by atoms with Crippen LogP contribution in [0.5, 0.6) is 11.5 Å². The van der Waals surface area contributed by atoms with Crippen molar-refractivity contribution in [2.45, 2.75) is 13.8 Å². The molecular weight excluding hydrogens is 418 g/mol. The highest BCUT2D eigenvalue weighted by Crippen LogP contribution is 2.33. The number of amides is 1. The maximum absolute atomic E-state index is 13.0. The van der Waals surface area contributed by atoms with Gasteiger partial charge in [0, 0.05) is 31.7 Å². The minimum atomic E-state index is 0.0619. The van der Waals surface area contributed by atoms with E-state index in [0.29, 0.717) is 18.7 Å². The zero-order valence-corrected chi connectivity index (χ0v) is 19.1. The lowest BCUT2D eigenvalue weighted by atomic mass is 10.1. The summed E-state index contributed by atoms with van der Waals surface area (Å²) in [5, 5.41) is 1.05. The summed E-state index contributed by atoms with van der Waals surface area (Å²) in [7, 11) is 0. The molecule has 3 aromatic carbocycles. The standard InChI is InChI=1S/C26H25N3O2S/c1-18-8-9-19(2)24-23(18)27-26(32-24)29-16-14-28(15-17-29)25(30)20-10-12-22(13-11-20)31-21-6-4-3-5-7-21/h3-13H,14-17H2,1-2H3. The van der Waals surface area contributed by atoms with Gasteiger partial charge in [-0.25, -0.2) is 4.98 Å². The number of aryl methyl sites for hydroxylation is 2. The monoisotopic (exact) mass is 443 g/mol. The number of carbonyl (C=O) groups is 1. The fourth-order valence-corrected chi connectivity index (χ4v) is 5.12. The van der Waals surface area contributed by atoms with Gasteiger partial charge in [-0.15, -0.1) is 0 Å². The van der Waals surface area contributed by atoms with Crippen LogP contribution in [0.15, 0.2) is 66.7 Å². The first-order chi connectivity index (χ1) is 15.6. The molecule has 6 heteroatoms. The van der Waals surface area contributed by atoms with Crippen molar-refractivity contribution in [3.05, 3.63) is 83.4 Å². The first-order valence-corrected chi connectivity index (χ1v) is 11.6. The number of fused-ring (bicyclic) bond motifs is 1. The number of rotatable bonds is 4. The predicted molar refractivity (Wildman–Crippen MR) is 130 cm³/mol. The van der Waals surface area contributed by atoms with Gasteiger partial charge in [0.1, 0.15) is 11.5 Å². The maximum atomic E-state index is 13.0. The predicted octanol–water partition coefficient (Wildman–Crippen LogP) is 5.67. The Morgan fingerprint density at radius 3 is 2.19 bits per heavy atom. The third-order valence-electron chi connectivity index (χ3n) is 5.85. The Morgan fingerprint density at radius 2 is 1.50 bits per heavy atom. The van der Waals surface area contributed by atoms with E-state index in [2.05, 4.69) is 30.9 Å². The second kappa shape index (κ2) is 8.63. The molecule has 0 aliphatic carbocycles. The molecule has 0 atom stereocenters. The van der Waals surface area contributed by atoms with Crippen LogP contribution in [0.3, 0.4) is 0 Å². The Hall–Kier alpha value is -3.38. The van der Waals surface area contributed by atoms with Crippen LogP contribution in [0.2, 0.25) is 0 Å². The molecule has 1 aliphatic heterocycles. The summed E-state index contributed by atoms with van der Waals surface area (Å²) in [4.78, 5) is 22.1. The molecular formula is C26H25N3O2S. The number of hydrogen-bond donors (Lipinski definition) is 0. The number of nitrogens with zero attached hydrogens (tertiary/aromatic N) is 3. The van der Waals surface area contributed by atoms with E-state index in [1.165, 1.54) is 15.8 Å². The third kappa shape index (κ3) is 4.06. The Labute approximate surface area is 191 Å². The van der Waals surface area contributed by atoms with E-state index in [1.807, 2.05) is 59.5 Å². The molecule has 0 N–H and O–H groups in total. The Morgan fingerprint density at radius 1 is 0.844 bits per heavy atom. The molecule has 0 bridgehead atoms. The average molecular weight is 444 g/mol. The Kier molecular flexibility index (Phi) is 5.53. The van der Waals surface area contributed by atoms with Crippen LogP contribution >= 0.6 is 11.3 Å². The quantitative estimate of drug-likeness (QED) is 0.408. The van der Waals surface area contributed by atoms with Crippen molar-refractivity contribution in [1.82, 2.24) is 9.88 Å². The first kappa shape index (κ1) is 20.5. The van der Waals surface area contributed by atoms with E-state index < -0.39 is 0 Å². The van der Waals surface area contributed by atoms with E-state index >= 15 is 0 Å². The number of anilines is 1. The molecule has 5 rings (SSSR count). The number of hydrogen-bond acceptors (Lipinski definition) is 5. The van der Waals surface area contributed by atoms with Crippen molar-refractivity contribution >= 4 is 32.6 Å². The lowest BCUT2D eigenvalue weighted by Crippen LogP contribution is -2.48. The maximum Gasteiger partial charge on any atom is 0.253 e. The van der Waals surface area contributed by atoms with Gasteiger partial charge >= 0.3 is 0 Å². The smallest absolute Gasteiger partial charge is 0.253 e. The summed E-state index contributed by atoms with van der Waals surface area (Å²) in [5.41, 5.74) is 4.26. The van der Waals surface area contributed by atoms with Crippen LogP contribution in [0.25, 0.3) is 10.2 Å². The van der Waals surface area contributed by atoms with Gasteiger partial charge in [0.2, 0.25) is 0 Å². The van der Waals surface area contributed by atoms with Gasteiger partial charge in [-0.05, 0) is 61.4 Å². The lowest BCUT2D eigenvalue weighted by molar-refractivity contribution is 0.0747. The summed E-state index contributed by atoms with van der Waals surface area (Å²) in [6.45, 7) is 7.20. The topological polar surface area (TPSA) is 45.7 Å². The zero-order valence-electron chi connectivity index (χ0n) is 18.2. The Balaban J connectivity index is 1.23. The van der Waals surface area contributed by atoms with E-state index in [4.69, 9.17) is 9.72 Å². The number of thiazole rings is 1. The van der Waals surface area contributed by atoms with Crippen LogP contribution in [0.4, 0.5) is 5.13 Å². The highest BCUT2D eigenvalue weighted by Gasteiger charge is 2.24. The average Bonchev–Trinajstić information content (AvgIpc) is 3.29. The molecule has 5 nitrogen and oxygen atoms in total. The van der Waals surface area contributed by atoms with Gasteiger partial charge in [0.05, 0.1) is 10.2 Å². The summed E-state index contributed by atoms with van der Waals surface area (Å²) in [6, 6.07) is 21.3. The summed E-state index contributed by atoms with van der Waals surface area (Å²) in [5.74, 6) is 1.56. The molecule has 32 heavy (non-hydrogen) atoms. The molecule has 0 spiro atoms. The highest BCUT2D eigenvalue weighted by molar-refractivity contribution is 7.22. The van der Waals surface area contributed by atoms with E-state index in [-0.39, 0.29) is 5.91 Å². The van der Waals surface area contributed by atoms with Crippen LogP contribution in [0.1, 0.15) is 21.5 Å². The second-order valence-corrected chi connectivity index (χ2v) is 9.07. The van der Waals surface area contributed by atoms with Crippen LogP contribution in [0, 0.1) is 13.8 Å². The van der Waals surface area contributed by atoms with Gasteiger partial charge < -0.3 is 14.5 Å². The molecule has 1 amide bonds. The lowest BCUT2D eigenvalue weighted by Gasteiger charge is -2.34. The van der Waals surface area contributed by atoms with Crippen LogP contribution < -0.4 is 9.64 Å². The molecule has 0 unspecified atom stereocenters. The fraction of sp³-hybridized carbons (Fsp3) is 0.231. The van der Waals surface area contributed by atoms with E-state index in [0.717, 1.165) is 35.2 Å². The van der Waals surface area contributed by atoms with Crippen molar-refractivity contribution in [1.29, 1.82) is 0 Å². The van der Waals surface area contributed by atoms with Gasteiger partial charge in [-0.1, -0.05) is 41.7 Å². The van der Waals surface area contributed by atoms with Crippen molar-refractivity contribution in [3.63, 3.8) is 0 Å². The molecule has 1 aromatic heterocycles. The SMILES string of the molecule is Cc1ccc(C)c2sc(N3CCN(C(=O)c4ccc(Oc5ccccc5)cc4)CC3)nc12. The molecule has 1 saturated heterocycles. The summed E-state index contributed by atoms with van der Waals surface area (Å²) < 4.78 is 7.09. The number of benzene rings is 3. The number of aromatic nitrogens is 1. The van der Waals surface area contributed by atoms with Gasteiger partial charge in [0.25, 0.3) is 5.91 Å². The van der Waals surface area contributed by atoms with Crippen molar-refractivity contribution in [2.75, 3.05) is 31.1 Å². The number of ether oxygens (including phenoxy) is 1. The minimum absolute atomic E-state index is 0.0619. The van der Waals surface area contributed by atoms with Crippen molar-refractivity contribution < 1.29 is 9.53 Å². The van der Waals surface area contributed by atoms with Crippen molar-refractivity contribution in [3.8, 4) is 11.5 Å². The number of piperazine rings is 1. The summed E-state index contributed by atoms with van der Waals surface area (Å²) >= 11 is 1.75. The first-order valence-electron chi connectivity index (χ1n) is 10.8. The van der Waals surface area contributed by atoms with Gasteiger partial charge in [-0.2, -0.15) is 0 Å². The largest absolute Gasteiger partial charge is 0.457 e. The van der Waals surface area contributed by atoms with E-state index in [9.17, 15) is 4.79 Å². The molecule has 0 radical (unpaired) electrons. The van der Waals surface area contributed by atoms with E-state index in [1.54, 1.807) is 11.3 Å².